The van der Waals surface area contributed by atoms with Crippen LogP contribution in [0.4, 0.5) is 0 Å². The minimum atomic E-state index is -0.478. The molecular formula is C6H9N3O2. The van der Waals surface area contributed by atoms with Gasteiger partial charge in [0.2, 0.25) is 5.89 Å². The molecule has 1 fully saturated rings. The molecule has 1 saturated heterocycles. The SMILES string of the molecule is O=c1[nH]nc([C@@H]2CCCN2)o1. The van der Waals surface area contributed by atoms with Gasteiger partial charge in [-0.2, -0.15) is 0 Å². The molecule has 5 heteroatoms. The Balaban J connectivity index is 2.21. The highest BCUT2D eigenvalue weighted by Crippen LogP contribution is 2.19. The molecule has 0 unspecified atom stereocenters. The summed E-state index contributed by atoms with van der Waals surface area (Å²) in [5.41, 5.74) is 0. The average Bonchev–Trinajstić information content (AvgIpc) is 2.55. The number of aromatic nitrogens is 2. The Morgan fingerprint density at radius 1 is 1.64 bits per heavy atom. The molecule has 0 bridgehead atoms. The summed E-state index contributed by atoms with van der Waals surface area (Å²) in [6, 6.07) is 0.133. The van der Waals surface area contributed by atoms with Crippen molar-refractivity contribution in [2.45, 2.75) is 18.9 Å². The number of H-pyrrole nitrogens is 1. The molecule has 1 aromatic heterocycles. The number of rotatable bonds is 1. The second-order valence-corrected chi connectivity index (χ2v) is 2.60. The lowest BCUT2D eigenvalue weighted by Gasteiger charge is -2.00. The molecule has 2 heterocycles. The van der Waals surface area contributed by atoms with E-state index in [9.17, 15) is 4.79 Å². The molecule has 2 N–H and O–H groups in total. The van der Waals surface area contributed by atoms with Crippen molar-refractivity contribution in [2.24, 2.45) is 0 Å². The van der Waals surface area contributed by atoms with Crippen LogP contribution in [0.5, 0.6) is 0 Å². The summed E-state index contributed by atoms with van der Waals surface area (Å²) in [6.07, 6.45) is 2.11. The Hall–Kier alpha value is -1.10. The molecule has 1 aromatic rings. The Morgan fingerprint density at radius 2 is 2.55 bits per heavy atom. The molecule has 0 saturated carbocycles. The molecule has 2 rings (SSSR count). The summed E-state index contributed by atoms with van der Waals surface area (Å²) in [7, 11) is 0. The van der Waals surface area contributed by atoms with Gasteiger partial charge in [-0.1, -0.05) is 0 Å². The predicted octanol–water partition coefficient (Wildman–Crippen LogP) is -0.213. The van der Waals surface area contributed by atoms with Gasteiger partial charge in [0.25, 0.3) is 0 Å². The van der Waals surface area contributed by atoms with E-state index in [0.717, 1.165) is 19.4 Å². The maximum Gasteiger partial charge on any atom is 0.434 e. The van der Waals surface area contributed by atoms with Gasteiger partial charge in [-0.3, -0.25) is 0 Å². The van der Waals surface area contributed by atoms with Crippen molar-refractivity contribution < 1.29 is 4.42 Å². The molecule has 0 amide bonds. The van der Waals surface area contributed by atoms with Crippen LogP contribution < -0.4 is 11.1 Å². The van der Waals surface area contributed by atoms with Gasteiger partial charge in [0.1, 0.15) is 0 Å². The number of hydrogen-bond donors (Lipinski definition) is 2. The third-order valence-corrected chi connectivity index (χ3v) is 1.81. The second kappa shape index (κ2) is 2.50. The maximum atomic E-state index is 10.5. The fourth-order valence-electron chi connectivity index (χ4n) is 1.29. The summed E-state index contributed by atoms with van der Waals surface area (Å²) in [5, 5.41) is 9.14. The fraction of sp³-hybridized carbons (Fsp3) is 0.667. The zero-order valence-electron chi connectivity index (χ0n) is 5.96. The molecule has 5 nitrogen and oxygen atoms in total. The smallest absolute Gasteiger partial charge is 0.391 e. The summed E-state index contributed by atoms with van der Waals surface area (Å²) >= 11 is 0. The van der Waals surface area contributed by atoms with Crippen LogP contribution in [-0.2, 0) is 0 Å². The van der Waals surface area contributed by atoms with Crippen molar-refractivity contribution in [3.63, 3.8) is 0 Å². The zero-order chi connectivity index (χ0) is 7.68. The molecule has 1 aliphatic heterocycles. The molecule has 11 heavy (non-hydrogen) atoms. The van der Waals surface area contributed by atoms with Gasteiger partial charge in [0, 0.05) is 0 Å². The van der Waals surface area contributed by atoms with E-state index in [1.54, 1.807) is 0 Å². The fourth-order valence-corrected chi connectivity index (χ4v) is 1.29. The zero-order valence-corrected chi connectivity index (χ0v) is 5.96. The van der Waals surface area contributed by atoms with E-state index in [1.807, 2.05) is 0 Å². The van der Waals surface area contributed by atoms with Gasteiger partial charge in [0.05, 0.1) is 6.04 Å². The monoisotopic (exact) mass is 155 g/mol. The van der Waals surface area contributed by atoms with Crippen molar-refractivity contribution in [3.8, 4) is 0 Å². The van der Waals surface area contributed by atoms with Crippen molar-refractivity contribution in [1.82, 2.24) is 15.5 Å². The van der Waals surface area contributed by atoms with Gasteiger partial charge < -0.3 is 9.73 Å². The lowest BCUT2D eigenvalue weighted by molar-refractivity contribution is 0.409. The van der Waals surface area contributed by atoms with Gasteiger partial charge in [0.15, 0.2) is 0 Å². The highest BCUT2D eigenvalue weighted by molar-refractivity contribution is 4.89. The van der Waals surface area contributed by atoms with Gasteiger partial charge in [-0.25, -0.2) is 9.89 Å². The van der Waals surface area contributed by atoms with Crippen LogP contribution in [0.2, 0.25) is 0 Å². The molecular weight excluding hydrogens is 146 g/mol. The van der Waals surface area contributed by atoms with Crippen LogP contribution in [0.1, 0.15) is 24.8 Å². The minimum absolute atomic E-state index is 0.133. The Labute approximate surface area is 62.8 Å². The molecule has 0 aromatic carbocycles. The quantitative estimate of drug-likeness (QED) is 0.588. The Kier molecular flexibility index (Phi) is 1.50. The normalized spacial score (nSPS) is 24.2. The second-order valence-electron chi connectivity index (χ2n) is 2.60. The topological polar surface area (TPSA) is 70.9 Å². The van der Waals surface area contributed by atoms with Crippen LogP contribution in [0.15, 0.2) is 9.21 Å². The number of nitrogens with one attached hydrogen (secondary N) is 2. The largest absolute Gasteiger partial charge is 0.434 e. The summed E-state index contributed by atoms with van der Waals surface area (Å²) in [5.74, 6) is 0.00111. The minimum Gasteiger partial charge on any atom is -0.391 e. The molecule has 0 aliphatic carbocycles. The van der Waals surface area contributed by atoms with E-state index in [0.29, 0.717) is 5.89 Å². The molecule has 60 valence electrons. The van der Waals surface area contributed by atoms with Crippen molar-refractivity contribution in [3.05, 3.63) is 16.4 Å². The van der Waals surface area contributed by atoms with E-state index in [1.165, 1.54) is 0 Å². The van der Waals surface area contributed by atoms with Crippen LogP contribution in [0.25, 0.3) is 0 Å². The highest BCUT2D eigenvalue weighted by atomic mass is 16.4. The number of aromatic amines is 1. The first-order valence-electron chi connectivity index (χ1n) is 3.65. The molecule has 1 aliphatic rings. The van der Waals surface area contributed by atoms with Gasteiger partial charge >= 0.3 is 5.76 Å². The predicted molar refractivity (Wildman–Crippen MR) is 37.1 cm³/mol. The van der Waals surface area contributed by atoms with E-state index in [-0.39, 0.29) is 6.04 Å². The number of hydrogen-bond acceptors (Lipinski definition) is 4. The van der Waals surface area contributed by atoms with Crippen LogP contribution in [-0.4, -0.2) is 16.7 Å². The van der Waals surface area contributed by atoms with Gasteiger partial charge in [-0.05, 0) is 19.4 Å². The third-order valence-electron chi connectivity index (χ3n) is 1.81. The van der Waals surface area contributed by atoms with Crippen molar-refractivity contribution >= 4 is 0 Å². The van der Waals surface area contributed by atoms with Crippen molar-refractivity contribution in [2.75, 3.05) is 6.54 Å². The summed E-state index contributed by atoms with van der Waals surface area (Å²) < 4.78 is 4.78. The van der Waals surface area contributed by atoms with Crippen molar-refractivity contribution in [1.29, 1.82) is 0 Å². The maximum absolute atomic E-state index is 10.5. The molecule has 1 atom stereocenters. The standard InChI is InChI=1S/C6H9N3O2/c10-6-9-8-5(11-6)4-2-1-3-7-4/h4,7H,1-3H2,(H,9,10)/t4-/m0/s1. The first-order chi connectivity index (χ1) is 5.36. The number of nitrogens with zero attached hydrogens (tertiary/aromatic N) is 1. The highest BCUT2D eigenvalue weighted by Gasteiger charge is 2.20. The first-order valence-corrected chi connectivity index (χ1v) is 3.65. The molecule has 0 spiro atoms. The van der Waals surface area contributed by atoms with Crippen LogP contribution in [0.3, 0.4) is 0 Å². The summed E-state index contributed by atoms with van der Waals surface area (Å²) in [4.78, 5) is 10.5. The Bertz CT molecular complexity index is 284. The van der Waals surface area contributed by atoms with E-state index in [4.69, 9.17) is 4.42 Å². The lowest BCUT2D eigenvalue weighted by Crippen LogP contribution is -2.13. The van der Waals surface area contributed by atoms with E-state index >= 15 is 0 Å². The third kappa shape index (κ3) is 1.19. The Morgan fingerprint density at radius 3 is 3.09 bits per heavy atom. The van der Waals surface area contributed by atoms with E-state index < -0.39 is 5.76 Å². The van der Waals surface area contributed by atoms with Crippen LogP contribution >= 0.6 is 0 Å². The lowest BCUT2D eigenvalue weighted by atomic mass is 10.2. The first kappa shape index (κ1) is 6.60. The van der Waals surface area contributed by atoms with Crippen LogP contribution in [0, 0.1) is 0 Å². The molecule has 0 radical (unpaired) electrons. The summed E-state index contributed by atoms with van der Waals surface area (Å²) in [6.45, 7) is 0.973. The van der Waals surface area contributed by atoms with Gasteiger partial charge in [-0.15, -0.1) is 5.10 Å². The average molecular weight is 155 g/mol. The van der Waals surface area contributed by atoms with E-state index in [2.05, 4.69) is 15.5 Å².